The summed E-state index contributed by atoms with van der Waals surface area (Å²) in [6.45, 7) is 57.9. The Labute approximate surface area is 504 Å². The summed E-state index contributed by atoms with van der Waals surface area (Å²) in [6, 6.07) is 20.9. The molecule has 1 fully saturated rings. The Morgan fingerprint density at radius 1 is 0.395 bits per heavy atom. The van der Waals surface area contributed by atoms with E-state index in [1.165, 1.54) is 91.3 Å². The molecule has 1 heterocycles. The summed E-state index contributed by atoms with van der Waals surface area (Å²) < 4.78 is 0. The van der Waals surface area contributed by atoms with Gasteiger partial charge in [-0.15, -0.1) is 0 Å². The van der Waals surface area contributed by atoms with Crippen molar-refractivity contribution in [3.05, 3.63) is 71.8 Å². The van der Waals surface area contributed by atoms with Gasteiger partial charge >= 0.3 is 0 Å². The molecule has 0 atom stereocenters. The highest BCUT2D eigenvalue weighted by molar-refractivity contribution is 5.73. The number of likely N-dealkylation sites (tertiary alicyclic amines) is 1. The van der Waals surface area contributed by atoms with Crippen molar-refractivity contribution in [2.75, 3.05) is 48.3 Å². The van der Waals surface area contributed by atoms with Crippen molar-refractivity contribution in [1.82, 2.24) is 29.5 Å². The molecule has 1 aliphatic rings. The highest BCUT2D eigenvalue weighted by Gasteiger charge is 2.11. The fourth-order valence-electron chi connectivity index (χ4n) is 2.64. The summed E-state index contributed by atoms with van der Waals surface area (Å²) in [6.07, 6.45) is 11.0. The first kappa shape index (κ1) is 152. The van der Waals surface area contributed by atoms with Gasteiger partial charge in [-0.2, -0.15) is 0 Å². The van der Waals surface area contributed by atoms with Crippen LogP contribution in [-0.2, 0) is 56.0 Å². The molecule has 502 valence electrons. The molecular formula is C61H148N10O10. The first-order chi connectivity index (χ1) is 37.0. The van der Waals surface area contributed by atoms with Gasteiger partial charge in [-0.3, -0.25) is 4.79 Å². The molecule has 0 aliphatic carbocycles. The Bertz CT molecular complexity index is 929. The summed E-state index contributed by atoms with van der Waals surface area (Å²) in [5, 5.41) is 8.06. The van der Waals surface area contributed by atoms with E-state index in [1.807, 2.05) is 85.2 Å². The number of hydrogen-bond donors (Lipinski definition) is 10. The zero-order chi connectivity index (χ0) is 67.0. The number of nitrogens with zero attached hydrogens (tertiary/aromatic N) is 1. The minimum atomic E-state index is -0.167. The van der Waals surface area contributed by atoms with Crippen LogP contribution in [0.2, 0.25) is 0 Å². The fraction of sp³-hybridized carbons (Fsp3) is 0.656. The first-order valence-electron chi connectivity index (χ1n) is 26.2. The third kappa shape index (κ3) is 327. The van der Waals surface area contributed by atoms with Crippen molar-refractivity contribution in [2.24, 2.45) is 52.3 Å². The maximum atomic E-state index is 10.7. The number of aliphatic hydroxyl groups excluding tert-OH is 1. The number of hydrogen-bond acceptors (Lipinski definition) is 19. The number of aliphatic hydroxyl groups is 1. The SMILES string of the molecule is C=O.C=O.C=O.C=O.C=O.C=O.C=O.C=O.CC.CC(=O)N1CCCCC1.CC(C)O.CCC(C)C.CCC(C)C.CCC(C)C.CCC(C)C.CCc1ccccc1.CCc1ccccc1.CN.CN.CN.CN.CN.N.N.N.N. The number of carbonyl (C=O) groups is 9. The van der Waals surface area contributed by atoms with Gasteiger partial charge in [-0.05, 0) is 116 Å². The fourth-order valence-corrected chi connectivity index (χ4v) is 2.64. The number of carbonyl (C=O) groups excluding carboxylic acids is 9. The van der Waals surface area contributed by atoms with E-state index in [-0.39, 0.29) is 36.6 Å². The van der Waals surface area contributed by atoms with E-state index in [1.54, 1.807) is 20.8 Å². The third-order valence-electron chi connectivity index (χ3n) is 7.57. The lowest BCUT2D eigenvalue weighted by Gasteiger charge is -2.24. The van der Waals surface area contributed by atoms with Crippen LogP contribution >= 0.6 is 0 Å². The van der Waals surface area contributed by atoms with Gasteiger partial charge in [-0.25, -0.2) is 0 Å². The monoisotopic (exact) mass is 1180 g/mol. The predicted molar refractivity (Wildman–Crippen MR) is 365 cm³/mol. The van der Waals surface area contributed by atoms with Crippen LogP contribution in [-0.4, -0.2) is 125 Å². The molecule has 0 saturated carbocycles. The summed E-state index contributed by atoms with van der Waals surface area (Å²) in [7, 11) is 7.50. The van der Waals surface area contributed by atoms with E-state index in [0.717, 1.165) is 49.6 Å². The lowest BCUT2D eigenvalue weighted by Crippen LogP contribution is -2.33. The van der Waals surface area contributed by atoms with Crippen LogP contribution < -0.4 is 53.3 Å². The minimum absolute atomic E-state index is 0. The second-order valence-electron chi connectivity index (χ2n) is 14.5. The van der Waals surface area contributed by atoms with E-state index < -0.39 is 0 Å². The molecule has 0 bridgehead atoms. The van der Waals surface area contributed by atoms with Gasteiger partial charge in [0.1, 0.15) is 54.3 Å². The number of aryl methyl sites for hydroxylation is 2. The van der Waals surface area contributed by atoms with Crippen LogP contribution in [0, 0.1) is 23.7 Å². The maximum absolute atomic E-state index is 10.7. The van der Waals surface area contributed by atoms with Crippen LogP contribution in [0.3, 0.4) is 0 Å². The number of benzene rings is 2. The standard InChI is InChI=1S/2C8H10.C7H13NO.4C5H12.C3H8O.C2H6.5CH5N.8CH2O.4H3N/c2*1-2-8-6-4-3-5-7-8;1-7(9)8-5-3-2-4-6-8;4*1-4-5(2)3;1-3(2)4;14*1-2;;;;/h2*3-7H,2H2,1H3;2-6H2,1H3;4*5H,4H2,1-3H3;3-4H,1-2H3;1-2H3;5*2H2,1H3;8*1H2;4*1H3. The van der Waals surface area contributed by atoms with Gasteiger partial charge in [0.15, 0.2) is 0 Å². The van der Waals surface area contributed by atoms with Gasteiger partial charge in [0.05, 0.1) is 0 Å². The zero-order valence-corrected chi connectivity index (χ0v) is 57.9. The van der Waals surface area contributed by atoms with Crippen LogP contribution in [0.15, 0.2) is 60.7 Å². The van der Waals surface area contributed by atoms with E-state index >= 15 is 0 Å². The maximum Gasteiger partial charge on any atom is 0.219 e. The molecule has 20 nitrogen and oxygen atoms in total. The van der Waals surface area contributed by atoms with Gasteiger partial charge < -0.3 is 102 Å². The normalized spacial score (nSPS) is 7.67. The molecule has 2 aromatic rings. The number of piperidine rings is 1. The summed E-state index contributed by atoms with van der Waals surface area (Å²) >= 11 is 0. The second kappa shape index (κ2) is 222. The smallest absolute Gasteiger partial charge is 0.219 e. The highest BCUT2D eigenvalue weighted by Crippen LogP contribution is 2.07. The molecule has 1 amide bonds. The van der Waals surface area contributed by atoms with E-state index in [0.29, 0.717) is 0 Å². The Kier molecular flexibility index (Phi) is 418. The number of nitrogens with two attached hydrogens (primary N) is 5. The Hall–Kier alpha value is -5.13. The van der Waals surface area contributed by atoms with Crippen molar-refractivity contribution in [1.29, 1.82) is 0 Å². The highest BCUT2D eigenvalue weighted by atomic mass is 16.3. The van der Waals surface area contributed by atoms with Gasteiger partial charge in [0.2, 0.25) is 5.91 Å². The molecule has 0 spiro atoms. The van der Waals surface area contributed by atoms with Crippen molar-refractivity contribution in [2.45, 2.75) is 195 Å². The Balaban J connectivity index is -0.0000000213. The van der Waals surface area contributed by atoms with Crippen LogP contribution in [0.25, 0.3) is 0 Å². The molecule has 1 aliphatic heterocycles. The predicted octanol–water partition coefficient (Wildman–Crippen LogP) is 12.2. The van der Waals surface area contributed by atoms with E-state index in [9.17, 15) is 4.79 Å². The topological polar surface area (TPSA) is 447 Å². The molecule has 81 heavy (non-hydrogen) atoms. The third-order valence-corrected chi connectivity index (χ3v) is 7.57. The van der Waals surface area contributed by atoms with Crippen molar-refractivity contribution < 1.29 is 48.3 Å². The molecule has 2 aromatic carbocycles. The van der Waals surface area contributed by atoms with E-state index in [4.69, 9.17) is 43.5 Å². The average molecular weight is 1180 g/mol. The summed E-state index contributed by atoms with van der Waals surface area (Å²) in [5.74, 6) is 3.77. The Morgan fingerprint density at radius 2 is 0.531 bits per heavy atom. The molecule has 20 heteroatoms. The van der Waals surface area contributed by atoms with Gasteiger partial charge in [0, 0.05) is 26.1 Å². The lowest BCUT2D eigenvalue weighted by molar-refractivity contribution is -0.129. The molecular weight excluding hydrogens is 1030 g/mol. The van der Waals surface area contributed by atoms with Gasteiger partial charge in [0.25, 0.3) is 0 Å². The van der Waals surface area contributed by atoms with Crippen molar-refractivity contribution >= 4 is 60.2 Å². The van der Waals surface area contributed by atoms with Crippen molar-refractivity contribution in [3.8, 4) is 0 Å². The molecule has 0 aromatic heterocycles. The second-order valence-corrected chi connectivity index (χ2v) is 14.5. The molecule has 0 radical (unpaired) electrons. The molecule has 0 unspecified atom stereocenters. The summed E-state index contributed by atoms with van der Waals surface area (Å²) in [5.41, 5.74) is 25.3. The lowest BCUT2D eigenvalue weighted by atomic mass is 10.1. The van der Waals surface area contributed by atoms with Crippen LogP contribution in [0.1, 0.15) is 188 Å². The Morgan fingerprint density at radius 3 is 0.605 bits per heavy atom. The zero-order valence-electron chi connectivity index (χ0n) is 57.9. The molecule has 3 rings (SSSR count). The van der Waals surface area contributed by atoms with Gasteiger partial charge in [-0.1, -0.05) is 197 Å². The average Bonchev–Trinajstić information content (AvgIpc) is 3.53. The largest absolute Gasteiger partial charge is 0.394 e. The molecule has 1 saturated heterocycles. The number of amides is 1. The first-order valence-corrected chi connectivity index (χ1v) is 26.2. The molecule has 23 N–H and O–H groups in total. The summed E-state index contributed by atoms with van der Waals surface area (Å²) in [4.78, 5) is 76.6. The van der Waals surface area contributed by atoms with Crippen LogP contribution in [0.5, 0.6) is 0 Å². The van der Waals surface area contributed by atoms with Crippen molar-refractivity contribution in [3.63, 3.8) is 0 Å². The quantitative estimate of drug-likeness (QED) is 0.128. The number of rotatable bonds is 6. The minimum Gasteiger partial charge on any atom is -0.394 e. The van der Waals surface area contributed by atoms with Crippen LogP contribution in [0.4, 0.5) is 0 Å². The van der Waals surface area contributed by atoms with E-state index in [2.05, 4.69) is 174 Å².